The van der Waals surface area contributed by atoms with Crippen molar-refractivity contribution in [1.29, 1.82) is 0 Å². The van der Waals surface area contributed by atoms with Gasteiger partial charge in [0.1, 0.15) is 0 Å². The molecule has 0 N–H and O–H groups in total. The zero-order valence-corrected chi connectivity index (χ0v) is 12.4. The molecule has 17 heavy (non-hydrogen) atoms. The molecule has 0 aromatic heterocycles. The standard InChI is InChI=1S/C13H17BrO2S/c1-2-3-4-8-17(16)10-13(15)11-6-5-7-12(14)9-11/h5-7,9H,2-4,8,10H2,1H3. The zero-order chi connectivity index (χ0) is 12.7. The summed E-state index contributed by atoms with van der Waals surface area (Å²) in [7, 11) is -1.02. The minimum atomic E-state index is -1.02. The first-order valence-electron chi connectivity index (χ1n) is 5.77. The number of benzene rings is 1. The van der Waals surface area contributed by atoms with Crippen molar-refractivity contribution in [1.82, 2.24) is 0 Å². The summed E-state index contributed by atoms with van der Waals surface area (Å²) in [4.78, 5) is 11.8. The summed E-state index contributed by atoms with van der Waals surface area (Å²) in [5, 5.41) is 0. The van der Waals surface area contributed by atoms with Crippen molar-refractivity contribution in [2.45, 2.75) is 26.2 Å². The highest BCUT2D eigenvalue weighted by molar-refractivity contribution is 9.10. The van der Waals surface area contributed by atoms with Crippen molar-refractivity contribution >= 4 is 32.5 Å². The Morgan fingerprint density at radius 2 is 2.12 bits per heavy atom. The molecule has 0 saturated heterocycles. The SMILES string of the molecule is CCCCCS(=O)CC(=O)c1cccc(Br)c1. The molecule has 94 valence electrons. The average Bonchev–Trinajstić information content (AvgIpc) is 2.29. The van der Waals surface area contributed by atoms with E-state index in [0.717, 1.165) is 23.7 Å². The minimum Gasteiger partial charge on any atom is -0.293 e. The molecule has 0 amide bonds. The van der Waals surface area contributed by atoms with Gasteiger partial charge in [-0.05, 0) is 18.6 Å². The maximum atomic E-state index is 11.8. The normalized spacial score (nSPS) is 12.4. The van der Waals surface area contributed by atoms with E-state index in [4.69, 9.17) is 0 Å². The fourth-order valence-electron chi connectivity index (χ4n) is 1.48. The van der Waals surface area contributed by atoms with Crippen LogP contribution in [-0.2, 0) is 10.8 Å². The summed E-state index contributed by atoms with van der Waals surface area (Å²) >= 11 is 3.32. The maximum Gasteiger partial charge on any atom is 0.175 e. The topological polar surface area (TPSA) is 34.1 Å². The molecule has 0 bridgehead atoms. The number of rotatable bonds is 7. The number of carbonyl (C=O) groups is 1. The smallest absolute Gasteiger partial charge is 0.175 e. The molecule has 0 spiro atoms. The molecular weight excluding hydrogens is 300 g/mol. The van der Waals surface area contributed by atoms with Crippen LogP contribution in [0.5, 0.6) is 0 Å². The monoisotopic (exact) mass is 316 g/mol. The van der Waals surface area contributed by atoms with Gasteiger partial charge in [0.15, 0.2) is 5.78 Å². The number of carbonyl (C=O) groups excluding carboxylic acids is 1. The van der Waals surface area contributed by atoms with Gasteiger partial charge in [0.25, 0.3) is 0 Å². The van der Waals surface area contributed by atoms with Gasteiger partial charge >= 0.3 is 0 Å². The Balaban J connectivity index is 2.46. The highest BCUT2D eigenvalue weighted by Gasteiger charge is 2.10. The fraction of sp³-hybridized carbons (Fsp3) is 0.462. The second-order valence-electron chi connectivity index (χ2n) is 3.93. The second-order valence-corrected chi connectivity index (χ2v) is 6.42. The average molecular weight is 317 g/mol. The van der Waals surface area contributed by atoms with Gasteiger partial charge in [-0.3, -0.25) is 9.00 Å². The van der Waals surface area contributed by atoms with E-state index in [2.05, 4.69) is 22.9 Å². The van der Waals surface area contributed by atoms with Crippen LogP contribution in [0.15, 0.2) is 28.7 Å². The highest BCUT2D eigenvalue weighted by Crippen LogP contribution is 2.12. The minimum absolute atomic E-state index is 0.0406. The van der Waals surface area contributed by atoms with Crippen LogP contribution >= 0.6 is 15.9 Å². The third-order valence-corrected chi connectivity index (χ3v) is 4.24. The Bertz CT molecular complexity index is 404. The molecule has 0 aliphatic heterocycles. The van der Waals surface area contributed by atoms with E-state index in [1.54, 1.807) is 12.1 Å². The van der Waals surface area contributed by atoms with Gasteiger partial charge in [-0.15, -0.1) is 0 Å². The lowest BCUT2D eigenvalue weighted by Gasteiger charge is -2.02. The molecule has 2 nitrogen and oxygen atoms in total. The molecule has 1 aromatic rings. The third kappa shape index (κ3) is 5.59. The molecule has 4 heteroatoms. The van der Waals surface area contributed by atoms with Crippen LogP contribution in [0.1, 0.15) is 36.5 Å². The van der Waals surface area contributed by atoms with E-state index >= 15 is 0 Å². The molecule has 0 radical (unpaired) electrons. The highest BCUT2D eigenvalue weighted by atomic mass is 79.9. The first kappa shape index (κ1) is 14.6. The number of Topliss-reactive ketones (excluding diaryl/α,β-unsaturated/α-hetero) is 1. The van der Waals surface area contributed by atoms with Crippen LogP contribution in [0.3, 0.4) is 0 Å². The van der Waals surface area contributed by atoms with Crippen molar-refractivity contribution in [3.63, 3.8) is 0 Å². The summed E-state index contributed by atoms with van der Waals surface area (Å²) in [6.07, 6.45) is 3.13. The lowest BCUT2D eigenvalue weighted by Crippen LogP contribution is -2.13. The van der Waals surface area contributed by atoms with Crippen molar-refractivity contribution in [2.75, 3.05) is 11.5 Å². The molecule has 1 aromatic carbocycles. The van der Waals surface area contributed by atoms with Crippen LogP contribution in [0.2, 0.25) is 0 Å². The van der Waals surface area contributed by atoms with Gasteiger partial charge in [0.2, 0.25) is 0 Å². The van der Waals surface area contributed by atoms with E-state index < -0.39 is 10.8 Å². The third-order valence-electron chi connectivity index (χ3n) is 2.41. The molecule has 0 aliphatic carbocycles. The lowest BCUT2D eigenvalue weighted by molar-refractivity contribution is 0.102. The number of unbranched alkanes of at least 4 members (excludes halogenated alkanes) is 2. The number of hydrogen-bond donors (Lipinski definition) is 0. The largest absolute Gasteiger partial charge is 0.293 e. The van der Waals surface area contributed by atoms with E-state index in [1.807, 2.05) is 12.1 Å². The van der Waals surface area contributed by atoms with Crippen LogP contribution in [0.4, 0.5) is 0 Å². The van der Waals surface area contributed by atoms with Crippen LogP contribution < -0.4 is 0 Å². The molecule has 0 aliphatic rings. The number of ketones is 1. The van der Waals surface area contributed by atoms with E-state index in [9.17, 15) is 9.00 Å². The summed E-state index contributed by atoms with van der Waals surface area (Å²) in [6.45, 7) is 2.11. The number of halogens is 1. The predicted molar refractivity (Wildman–Crippen MR) is 75.9 cm³/mol. The lowest BCUT2D eigenvalue weighted by atomic mass is 10.2. The van der Waals surface area contributed by atoms with Gasteiger partial charge < -0.3 is 0 Å². The summed E-state index contributed by atoms with van der Waals surface area (Å²) < 4.78 is 12.5. The Morgan fingerprint density at radius 3 is 2.76 bits per heavy atom. The summed E-state index contributed by atoms with van der Waals surface area (Å²) in [6, 6.07) is 7.22. The van der Waals surface area contributed by atoms with Crippen molar-refractivity contribution in [2.24, 2.45) is 0 Å². The summed E-state index contributed by atoms with van der Waals surface area (Å²) in [5.74, 6) is 0.731. The van der Waals surface area contributed by atoms with Crippen LogP contribution in [-0.4, -0.2) is 21.5 Å². The molecule has 0 fully saturated rings. The molecule has 1 unspecified atom stereocenters. The zero-order valence-electron chi connectivity index (χ0n) is 9.95. The van der Waals surface area contributed by atoms with E-state index in [-0.39, 0.29) is 11.5 Å². The van der Waals surface area contributed by atoms with Gasteiger partial charge in [0, 0.05) is 26.6 Å². The maximum absolute atomic E-state index is 11.8. The van der Waals surface area contributed by atoms with Crippen molar-refractivity contribution in [3.05, 3.63) is 34.3 Å². The van der Waals surface area contributed by atoms with Gasteiger partial charge in [-0.2, -0.15) is 0 Å². The predicted octanol–water partition coefficient (Wildman–Crippen LogP) is 3.57. The fourth-order valence-corrected chi connectivity index (χ4v) is 3.01. The Hall–Kier alpha value is -0.480. The van der Waals surface area contributed by atoms with Crippen molar-refractivity contribution < 1.29 is 9.00 Å². The Morgan fingerprint density at radius 1 is 1.35 bits per heavy atom. The van der Waals surface area contributed by atoms with Gasteiger partial charge in [-0.25, -0.2) is 0 Å². The molecule has 0 heterocycles. The van der Waals surface area contributed by atoms with Crippen molar-refractivity contribution in [3.8, 4) is 0 Å². The van der Waals surface area contributed by atoms with Gasteiger partial charge in [-0.1, -0.05) is 47.8 Å². The summed E-state index contributed by atoms with van der Waals surface area (Å²) in [5.41, 5.74) is 0.628. The molecular formula is C13H17BrO2S. The number of hydrogen-bond acceptors (Lipinski definition) is 2. The van der Waals surface area contributed by atoms with Crippen LogP contribution in [0.25, 0.3) is 0 Å². The Kier molecular flexibility index (Phi) is 6.66. The second kappa shape index (κ2) is 7.77. The first-order valence-corrected chi connectivity index (χ1v) is 8.05. The van der Waals surface area contributed by atoms with E-state index in [1.165, 1.54) is 0 Å². The molecule has 1 rings (SSSR count). The molecule has 1 atom stereocenters. The quantitative estimate of drug-likeness (QED) is 0.569. The first-order chi connectivity index (χ1) is 8.13. The Labute approximate surface area is 113 Å². The van der Waals surface area contributed by atoms with E-state index in [0.29, 0.717) is 11.3 Å². The van der Waals surface area contributed by atoms with Gasteiger partial charge in [0.05, 0.1) is 5.75 Å². The van der Waals surface area contributed by atoms with Crippen LogP contribution in [0, 0.1) is 0 Å². The molecule has 0 saturated carbocycles.